The van der Waals surface area contributed by atoms with Gasteiger partial charge in [0.15, 0.2) is 0 Å². The van der Waals surface area contributed by atoms with Crippen LogP contribution in [0, 0.1) is 17.2 Å². The van der Waals surface area contributed by atoms with Crippen molar-refractivity contribution in [2.24, 2.45) is 5.92 Å². The molecule has 1 saturated heterocycles. The lowest BCUT2D eigenvalue weighted by molar-refractivity contribution is -0.137. The zero-order valence-corrected chi connectivity index (χ0v) is 12.1. The van der Waals surface area contributed by atoms with E-state index in [0.29, 0.717) is 42.4 Å². The zero-order chi connectivity index (χ0) is 15.5. The number of rotatable bonds is 3. The molecule has 0 radical (unpaired) electrons. The van der Waals surface area contributed by atoms with Crippen LogP contribution >= 0.6 is 0 Å². The van der Waals surface area contributed by atoms with Gasteiger partial charge in [0, 0.05) is 25.8 Å². The van der Waals surface area contributed by atoms with E-state index < -0.39 is 0 Å². The predicted molar refractivity (Wildman–Crippen MR) is 79.4 cm³/mol. The molecule has 0 aromatic heterocycles. The van der Waals surface area contributed by atoms with Crippen molar-refractivity contribution in [1.29, 1.82) is 5.26 Å². The third kappa shape index (κ3) is 2.78. The molecule has 1 fully saturated rings. The highest BCUT2D eigenvalue weighted by Crippen LogP contribution is 2.26. The number of benzene rings is 1. The molecule has 2 aliphatic rings. The van der Waals surface area contributed by atoms with E-state index in [0.717, 1.165) is 12.8 Å². The highest BCUT2D eigenvalue weighted by molar-refractivity contribution is 6.33. The van der Waals surface area contributed by atoms with Crippen molar-refractivity contribution < 1.29 is 14.3 Å². The monoisotopic (exact) mass is 296 g/mol. The van der Waals surface area contributed by atoms with Gasteiger partial charge in [-0.05, 0) is 36.5 Å². The number of hydrogen-bond acceptors (Lipinski definition) is 4. The fraction of sp³-hybridized carbons (Fsp3) is 0.353. The number of ether oxygens (including phenoxy) is 1. The van der Waals surface area contributed by atoms with E-state index in [1.807, 2.05) is 6.07 Å². The Labute approximate surface area is 128 Å². The zero-order valence-electron chi connectivity index (χ0n) is 12.1. The summed E-state index contributed by atoms with van der Waals surface area (Å²) in [6, 6.07) is 8.73. The molecule has 1 aromatic carbocycles. The van der Waals surface area contributed by atoms with Crippen LogP contribution in [0.1, 0.15) is 24.0 Å². The van der Waals surface area contributed by atoms with E-state index in [4.69, 9.17) is 10.00 Å². The minimum absolute atomic E-state index is 0.249. The molecular formula is C17H16N2O3. The molecule has 2 heterocycles. The Morgan fingerprint density at radius 3 is 2.50 bits per heavy atom. The molecule has 0 saturated carbocycles. The number of amides is 2. The molecule has 22 heavy (non-hydrogen) atoms. The van der Waals surface area contributed by atoms with Gasteiger partial charge < -0.3 is 4.74 Å². The fourth-order valence-corrected chi connectivity index (χ4v) is 2.80. The number of carbonyl (C=O) groups is 2. The summed E-state index contributed by atoms with van der Waals surface area (Å²) in [5, 5.41) is 8.81. The van der Waals surface area contributed by atoms with Crippen molar-refractivity contribution in [1.82, 2.24) is 4.90 Å². The molecular weight excluding hydrogens is 280 g/mol. The maximum atomic E-state index is 12.5. The molecule has 0 unspecified atom stereocenters. The number of hydrogen-bond donors (Lipinski definition) is 0. The van der Waals surface area contributed by atoms with Crippen LogP contribution in [0.15, 0.2) is 30.3 Å². The first-order chi connectivity index (χ1) is 10.7. The molecule has 3 rings (SSSR count). The van der Waals surface area contributed by atoms with Gasteiger partial charge in [-0.3, -0.25) is 14.5 Å². The largest absolute Gasteiger partial charge is 0.381 e. The van der Waals surface area contributed by atoms with Crippen molar-refractivity contribution >= 4 is 17.4 Å². The van der Waals surface area contributed by atoms with Crippen LogP contribution in [-0.4, -0.2) is 36.5 Å². The highest BCUT2D eigenvalue weighted by atomic mass is 16.5. The maximum Gasteiger partial charge on any atom is 0.261 e. The molecule has 1 aromatic rings. The minimum Gasteiger partial charge on any atom is -0.381 e. The average molecular weight is 296 g/mol. The molecule has 0 aliphatic carbocycles. The van der Waals surface area contributed by atoms with Gasteiger partial charge >= 0.3 is 0 Å². The smallest absolute Gasteiger partial charge is 0.261 e. The third-order valence-corrected chi connectivity index (χ3v) is 4.12. The predicted octanol–water partition coefficient (Wildman–Crippen LogP) is 1.74. The highest BCUT2D eigenvalue weighted by Gasteiger charge is 2.33. The number of carbonyl (C=O) groups excluding carboxylic acids is 2. The molecule has 0 bridgehead atoms. The molecule has 5 heteroatoms. The van der Waals surface area contributed by atoms with E-state index in [1.165, 1.54) is 11.0 Å². The lowest BCUT2D eigenvalue weighted by Gasteiger charge is -2.26. The lowest BCUT2D eigenvalue weighted by atomic mass is 9.99. The van der Waals surface area contributed by atoms with Crippen LogP contribution in [0.5, 0.6) is 0 Å². The summed E-state index contributed by atoms with van der Waals surface area (Å²) >= 11 is 0. The average Bonchev–Trinajstić information content (AvgIpc) is 2.84. The Bertz CT molecular complexity index is 664. The third-order valence-electron chi connectivity index (χ3n) is 4.12. The summed E-state index contributed by atoms with van der Waals surface area (Å²) in [4.78, 5) is 25.9. The number of nitriles is 1. The first-order valence-corrected chi connectivity index (χ1v) is 7.35. The van der Waals surface area contributed by atoms with Gasteiger partial charge in [-0.1, -0.05) is 12.1 Å². The number of nitrogens with zero attached hydrogens (tertiary/aromatic N) is 2. The van der Waals surface area contributed by atoms with Gasteiger partial charge in [0.25, 0.3) is 11.8 Å². The molecule has 2 amide bonds. The standard InChI is InChI=1S/C17H16N2O3/c18-10-12-1-3-14(4-2-12)15-9-16(20)19(17(15)21)11-13-5-7-22-8-6-13/h1-4,9,13H,5-8,11H2. The van der Waals surface area contributed by atoms with E-state index in [1.54, 1.807) is 24.3 Å². The Morgan fingerprint density at radius 1 is 1.18 bits per heavy atom. The van der Waals surface area contributed by atoms with E-state index >= 15 is 0 Å². The summed E-state index contributed by atoms with van der Waals surface area (Å²) < 4.78 is 5.30. The van der Waals surface area contributed by atoms with Gasteiger partial charge in [-0.2, -0.15) is 5.26 Å². The van der Waals surface area contributed by atoms with Gasteiger partial charge in [0.1, 0.15) is 0 Å². The van der Waals surface area contributed by atoms with Crippen molar-refractivity contribution in [2.75, 3.05) is 19.8 Å². The van der Waals surface area contributed by atoms with Gasteiger partial charge in [0.05, 0.1) is 17.2 Å². The molecule has 0 spiro atoms. The molecule has 2 aliphatic heterocycles. The first-order valence-electron chi connectivity index (χ1n) is 7.35. The topological polar surface area (TPSA) is 70.4 Å². The summed E-state index contributed by atoms with van der Waals surface area (Å²) in [6.45, 7) is 1.84. The molecule has 0 atom stereocenters. The van der Waals surface area contributed by atoms with Crippen molar-refractivity contribution in [3.8, 4) is 6.07 Å². The Hall–Kier alpha value is -2.45. The second-order valence-electron chi connectivity index (χ2n) is 5.56. The van der Waals surface area contributed by atoms with Gasteiger partial charge in [0.2, 0.25) is 0 Å². The van der Waals surface area contributed by atoms with Gasteiger partial charge in [-0.25, -0.2) is 0 Å². The Balaban J connectivity index is 1.74. The Morgan fingerprint density at radius 2 is 1.86 bits per heavy atom. The quantitative estimate of drug-likeness (QED) is 0.797. The van der Waals surface area contributed by atoms with Crippen molar-refractivity contribution in [3.63, 3.8) is 0 Å². The minimum atomic E-state index is -0.254. The van der Waals surface area contributed by atoms with Crippen molar-refractivity contribution in [3.05, 3.63) is 41.5 Å². The van der Waals surface area contributed by atoms with E-state index in [-0.39, 0.29) is 11.8 Å². The first kappa shape index (κ1) is 14.5. The summed E-state index contributed by atoms with van der Waals surface area (Å²) in [5.41, 5.74) is 1.61. The normalized spacial score (nSPS) is 19.2. The SMILES string of the molecule is N#Cc1ccc(C2=CC(=O)N(CC3CCOCC3)C2=O)cc1. The molecule has 112 valence electrons. The summed E-state index contributed by atoms with van der Waals surface area (Å²) in [7, 11) is 0. The second kappa shape index (κ2) is 6.12. The molecule has 0 N–H and O–H groups in total. The summed E-state index contributed by atoms with van der Waals surface area (Å²) in [5.74, 6) is -0.188. The van der Waals surface area contributed by atoms with Crippen LogP contribution in [0.3, 0.4) is 0 Å². The summed E-state index contributed by atoms with van der Waals surface area (Å²) in [6.07, 6.45) is 3.15. The Kier molecular flexibility index (Phi) is 4.03. The second-order valence-corrected chi connectivity index (χ2v) is 5.56. The number of imide groups is 1. The fourth-order valence-electron chi connectivity index (χ4n) is 2.80. The van der Waals surface area contributed by atoms with E-state index in [2.05, 4.69) is 0 Å². The maximum absolute atomic E-state index is 12.5. The van der Waals surface area contributed by atoms with Crippen LogP contribution < -0.4 is 0 Å². The van der Waals surface area contributed by atoms with Crippen LogP contribution in [0.25, 0.3) is 5.57 Å². The lowest BCUT2D eigenvalue weighted by Crippen LogP contribution is -2.37. The van der Waals surface area contributed by atoms with Gasteiger partial charge in [-0.15, -0.1) is 0 Å². The van der Waals surface area contributed by atoms with Crippen LogP contribution in [0.4, 0.5) is 0 Å². The molecule has 5 nitrogen and oxygen atoms in total. The van der Waals surface area contributed by atoms with Crippen LogP contribution in [-0.2, 0) is 14.3 Å². The van der Waals surface area contributed by atoms with Crippen molar-refractivity contribution in [2.45, 2.75) is 12.8 Å². The van der Waals surface area contributed by atoms with Crippen LogP contribution in [0.2, 0.25) is 0 Å². The van der Waals surface area contributed by atoms with E-state index in [9.17, 15) is 9.59 Å².